The van der Waals surface area contributed by atoms with Crippen molar-refractivity contribution >= 4 is 31.9 Å². The number of rotatable bonds is 2. The van der Waals surface area contributed by atoms with E-state index in [-0.39, 0.29) is 11.2 Å². The quantitative estimate of drug-likeness (QED) is 0.762. The van der Waals surface area contributed by atoms with Crippen LogP contribution in [0.4, 0.5) is 0 Å². The molecular formula is C8H10Br2N2O2. The number of hydrogen-bond acceptors (Lipinski definition) is 2. The van der Waals surface area contributed by atoms with Crippen molar-refractivity contribution in [3.8, 4) is 0 Å². The molecule has 0 atom stereocenters. The molecule has 0 radical (unpaired) electrons. The Kier molecular flexibility index (Phi) is 3.71. The third-order valence-electron chi connectivity index (χ3n) is 2.04. The van der Waals surface area contributed by atoms with Crippen molar-refractivity contribution in [3.05, 3.63) is 31.0 Å². The molecule has 1 heterocycles. The van der Waals surface area contributed by atoms with E-state index >= 15 is 0 Å². The van der Waals surface area contributed by atoms with Gasteiger partial charge in [-0.15, -0.1) is 0 Å². The lowest BCUT2D eigenvalue weighted by atomic mass is 10.4. The van der Waals surface area contributed by atoms with Gasteiger partial charge in [-0.3, -0.25) is 13.9 Å². The van der Waals surface area contributed by atoms with Crippen LogP contribution in [0, 0.1) is 6.92 Å². The molecule has 0 bridgehead atoms. The van der Waals surface area contributed by atoms with Crippen molar-refractivity contribution in [2.45, 2.75) is 13.5 Å². The summed E-state index contributed by atoms with van der Waals surface area (Å²) < 4.78 is 3.10. The molecule has 0 aromatic carbocycles. The molecule has 6 heteroatoms. The topological polar surface area (TPSA) is 44.0 Å². The Labute approximate surface area is 97.8 Å². The van der Waals surface area contributed by atoms with Gasteiger partial charge in [-0.05, 0) is 22.9 Å². The van der Waals surface area contributed by atoms with E-state index in [0.717, 1.165) is 4.57 Å². The van der Waals surface area contributed by atoms with Crippen LogP contribution < -0.4 is 11.2 Å². The van der Waals surface area contributed by atoms with Crippen LogP contribution in [0.2, 0.25) is 0 Å². The summed E-state index contributed by atoms with van der Waals surface area (Å²) in [6.45, 7) is 2.30. The molecule has 0 aliphatic rings. The molecule has 14 heavy (non-hydrogen) atoms. The Morgan fingerprint density at radius 2 is 1.93 bits per heavy atom. The number of nitrogens with zero attached hydrogens (tertiary/aromatic N) is 2. The van der Waals surface area contributed by atoms with Gasteiger partial charge in [0.2, 0.25) is 0 Å². The van der Waals surface area contributed by atoms with Gasteiger partial charge in [0.05, 0.1) is 0 Å². The highest BCUT2D eigenvalue weighted by Crippen LogP contribution is 2.07. The average molecular weight is 326 g/mol. The third kappa shape index (κ3) is 1.86. The summed E-state index contributed by atoms with van der Waals surface area (Å²) in [6, 6.07) is 0. The minimum atomic E-state index is -0.293. The van der Waals surface area contributed by atoms with E-state index in [4.69, 9.17) is 0 Å². The van der Waals surface area contributed by atoms with Crippen LogP contribution in [0.5, 0.6) is 0 Å². The van der Waals surface area contributed by atoms with E-state index in [2.05, 4.69) is 31.9 Å². The molecule has 1 aromatic rings. The van der Waals surface area contributed by atoms with Gasteiger partial charge in [0.25, 0.3) is 5.56 Å². The first-order chi connectivity index (χ1) is 6.50. The molecule has 0 spiro atoms. The first kappa shape index (κ1) is 11.7. The van der Waals surface area contributed by atoms with Crippen molar-refractivity contribution in [1.82, 2.24) is 9.13 Å². The maximum atomic E-state index is 11.6. The van der Waals surface area contributed by atoms with Gasteiger partial charge >= 0.3 is 5.69 Å². The van der Waals surface area contributed by atoms with E-state index in [9.17, 15) is 9.59 Å². The van der Waals surface area contributed by atoms with Crippen molar-refractivity contribution in [1.29, 1.82) is 0 Å². The van der Waals surface area contributed by atoms with Gasteiger partial charge in [0.1, 0.15) is 4.47 Å². The maximum absolute atomic E-state index is 11.6. The summed E-state index contributed by atoms with van der Waals surface area (Å²) in [5.74, 6) is 0. The van der Waals surface area contributed by atoms with E-state index in [1.165, 1.54) is 7.05 Å². The molecule has 0 saturated heterocycles. The molecule has 78 valence electrons. The van der Waals surface area contributed by atoms with Gasteiger partial charge in [-0.2, -0.15) is 0 Å². The predicted octanol–water partition coefficient (Wildman–Crippen LogP) is 1.01. The number of alkyl halides is 1. The monoisotopic (exact) mass is 324 g/mol. The van der Waals surface area contributed by atoms with Crippen molar-refractivity contribution in [2.24, 2.45) is 7.05 Å². The highest BCUT2D eigenvalue weighted by molar-refractivity contribution is 9.10. The smallest absolute Gasteiger partial charge is 0.296 e. The Hall–Kier alpha value is -0.360. The van der Waals surface area contributed by atoms with Gasteiger partial charge < -0.3 is 0 Å². The van der Waals surface area contributed by atoms with Crippen LogP contribution in [0.1, 0.15) is 5.69 Å². The summed E-state index contributed by atoms with van der Waals surface area (Å²) in [6.07, 6.45) is 0. The number of halogens is 2. The largest absolute Gasteiger partial charge is 0.330 e. The molecule has 0 amide bonds. The van der Waals surface area contributed by atoms with Crippen LogP contribution in [0.15, 0.2) is 14.1 Å². The lowest BCUT2D eigenvalue weighted by Gasteiger charge is -2.10. The van der Waals surface area contributed by atoms with E-state index in [0.29, 0.717) is 22.0 Å². The maximum Gasteiger partial charge on any atom is 0.330 e. The minimum absolute atomic E-state index is 0.282. The second-order valence-corrected chi connectivity index (χ2v) is 4.47. The minimum Gasteiger partial charge on any atom is -0.296 e. The summed E-state index contributed by atoms with van der Waals surface area (Å²) in [5, 5.41) is 0.679. The van der Waals surface area contributed by atoms with E-state index in [1.807, 2.05) is 0 Å². The summed E-state index contributed by atoms with van der Waals surface area (Å²) in [4.78, 5) is 23.1. The standard InChI is InChI=1S/C8H10Br2N2O2/c1-5-6(10)7(13)11(2)8(14)12(5)4-3-9/h3-4H2,1-2H3. The number of aromatic nitrogens is 2. The van der Waals surface area contributed by atoms with E-state index in [1.54, 1.807) is 11.5 Å². The Morgan fingerprint density at radius 1 is 1.36 bits per heavy atom. The van der Waals surface area contributed by atoms with Crippen LogP contribution in [-0.2, 0) is 13.6 Å². The Balaban J connectivity index is 3.60. The molecule has 0 N–H and O–H groups in total. The molecule has 0 saturated carbocycles. The second kappa shape index (κ2) is 4.44. The zero-order chi connectivity index (χ0) is 10.9. The lowest BCUT2D eigenvalue weighted by Crippen LogP contribution is -2.40. The highest BCUT2D eigenvalue weighted by Gasteiger charge is 2.10. The fraction of sp³-hybridized carbons (Fsp3) is 0.500. The second-order valence-electron chi connectivity index (χ2n) is 2.89. The fourth-order valence-electron chi connectivity index (χ4n) is 1.18. The first-order valence-electron chi connectivity index (χ1n) is 4.02. The molecule has 0 aliphatic heterocycles. The zero-order valence-corrected chi connectivity index (χ0v) is 11.1. The molecule has 1 aromatic heterocycles. The third-order valence-corrected chi connectivity index (χ3v) is 3.31. The molecule has 0 fully saturated rings. The Morgan fingerprint density at radius 3 is 2.43 bits per heavy atom. The van der Waals surface area contributed by atoms with Crippen molar-refractivity contribution in [2.75, 3.05) is 5.33 Å². The van der Waals surface area contributed by atoms with Gasteiger partial charge in [-0.1, -0.05) is 15.9 Å². The van der Waals surface area contributed by atoms with Gasteiger partial charge in [-0.25, -0.2) is 4.79 Å². The fourth-order valence-corrected chi connectivity index (χ4v) is 2.01. The predicted molar refractivity (Wildman–Crippen MR) is 62.2 cm³/mol. The van der Waals surface area contributed by atoms with Crippen molar-refractivity contribution < 1.29 is 0 Å². The Bertz CT molecular complexity index is 462. The van der Waals surface area contributed by atoms with Crippen LogP contribution in [0.25, 0.3) is 0 Å². The van der Waals surface area contributed by atoms with Crippen LogP contribution in [0.3, 0.4) is 0 Å². The number of hydrogen-bond donors (Lipinski definition) is 0. The van der Waals surface area contributed by atoms with Gasteiger partial charge in [0.15, 0.2) is 0 Å². The zero-order valence-electron chi connectivity index (χ0n) is 7.88. The molecule has 4 nitrogen and oxygen atoms in total. The molecule has 0 aliphatic carbocycles. The van der Waals surface area contributed by atoms with Crippen molar-refractivity contribution in [3.63, 3.8) is 0 Å². The lowest BCUT2D eigenvalue weighted by molar-refractivity contribution is 0.611. The van der Waals surface area contributed by atoms with Crippen LogP contribution >= 0.6 is 31.9 Å². The molecule has 0 unspecified atom stereocenters. The highest BCUT2D eigenvalue weighted by atomic mass is 79.9. The van der Waals surface area contributed by atoms with Crippen LogP contribution in [-0.4, -0.2) is 14.5 Å². The summed E-state index contributed by atoms with van der Waals surface area (Å²) in [7, 11) is 1.47. The summed E-state index contributed by atoms with van der Waals surface area (Å²) >= 11 is 6.44. The first-order valence-corrected chi connectivity index (χ1v) is 5.94. The summed E-state index contributed by atoms with van der Waals surface area (Å²) in [5.41, 5.74) is 0.0889. The average Bonchev–Trinajstić information content (AvgIpc) is 2.19. The molecule has 1 rings (SSSR count). The van der Waals surface area contributed by atoms with Gasteiger partial charge in [0, 0.05) is 24.6 Å². The van der Waals surface area contributed by atoms with E-state index < -0.39 is 0 Å². The normalized spacial score (nSPS) is 10.6. The molecular weight excluding hydrogens is 316 g/mol. The SMILES string of the molecule is Cc1c(Br)c(=O)n(C)c(=O)n1CCBr.